The minimum Gasteiger partial charge on any atom is -0.496 e. The summed E-state index contributed by atoms with van der Waals surface area (Å²) < 4.78 is 6.83. The Kier molecular flexibility index (Phi) is 3.98. The quantitative estimate of drug-likeness (QED) is 0.917. The second kappa shape index (κ2) is 5.93. The predicted octanol–water partition coefficient (Wildman–Crippen LogP) is 2.02. The van der Waals surface area contributed by atoms with Gasteiger partial charge in [0.1, 0.15) is 5.75 Å². The molecule has 1 aliphatic carbocycles. The summed E-state index contributed by atoms with van der Waals surface area (Å²) in [5.74, 6) is 0.762. The summed E-state index contributed by atoms with van der Waals surface area (Å²) in [4.78, 5) is 12.2. The summed E-state index contributed by atoms with van der Waals surface area (Å²) in [7, 11) is 3.33. The van der Waals surface area contributed by atoms with Gasteiger partial charge in [-0.15, -0.1) is 0 Å². The van der Waals surface area contributed by atoms with Crippen molar-refractivity contribution >= 4 is 0 Å². The number of nitrogens with one attached hydrogen (secondary N) is 1. The second-order valence-electron chi connectivity index (χ2n) is 5.84. The molecule has 0 saturated heterocycles. The Balaban J connectivity index is 2.03. The van der Waals surface area contributed by atoms with Crippen molar-refractivity contribution < 1.29 is 4.74 Å². The number of methoxy groups -OCH3 is 1. The fourth-order valence-corrected chi connectivity index (χ4v) is 2.49. The molecule has 1 saturated carbocycles. The van der Waals surface area contributed by atoms with Crippen LogP contribution in [0.3, 0.4) is 0 Å². The number of hydrogen-bond donors (Lipinski definition) is 1. The third-order valence-electron chi connectivity index (χ3n) is 3.93. The Morgan fingerprint density at radius 1 is 1.36 bits per heavy atom. The lowest BCUT2D eigenvalue weighted by atomic mass is 10.1. The first-order valence-corrected chi connectivity index (χ1v) is 7.54. The van der Waals surface area contributed by atoms with Crippen LogP contribution in [0.2, 0.25) is 0 Å². The van der Waals surface area contributed by atoms with Crippen LogP contribution in [0.25, 0.3) is 11.3 Å². The number of hydrogen-bond acceptors (Lipinski definition) is 4. The molecule has 116 valence electrons. The number of aryl methyl sites for hydroxylation is 2. The lowest BCUT2D eigenvalue weighted by Crippen LogP contribution is -2.28. The first-order chi connectivity index (χ1) is 10.6. The maximum Gasteiger partial charge on any atom is 0.271 e. The molecule has 1 aromatic heterocycles. The SMILES string of the molecule is COc1ccc(C)cc1-c1cc(CNC2CC2)c(=O)n(C)n1. The van der Waals surface area contributed by atoms with Gasteiger partial charge in [-0.1, -0.05) is 11.6 Å². The fraction of sp³-hybridized carbons (Fsp3) is 0.412. The van der Waals surface area contributed by atoms with E-state index in [1.54, 1.807) is 14.2 Å². The molecule has 3 rings (SSSR count). The van der Waals surface area contributed by atoms with Gasteiger partial charge in [-0.2, -0.15) is 5.10 Å². The van der Waals surface area contributed by atoms with E-state index in [9.17, 15) is 4.79 Å². The Hall–Kier alpha value is -2.14. The summed E-state index contributed by atoms with van der Waals surface area (Å²) in [5, 5.41) is 7.78. The average molecular weight is 299 g/mol. The van der Waals surface area contributed by atoms with Gasteiger partial charge >= 0.3 is 0 Å². The molecule has 2 aromatic rings. The summed E-state index contributed by atoms with van der Waals surface area (Å²) in [5.41, 5.74) is 3.48. The van der Waals surface area contributed by atoms with E-state index in [1.165, 1.54) is 17.5 Å². The molecule has 0 aliphatic heterocycles. The highest BCUT2D eigenvalue weighted by atomic mass is 16.5. The van der Waals surface area contributed by atoms with Crippen LogP contribution >= 0.6 is 0 Å². The minimum atomic E-state index is -0.0523. The largest absolute Gasteiger partial charge is 0.496 e. The van der Waals surface area contributed by atoms with E-state index in [1.807, 2.05) is 31.2 Å². The van der Waals surface area contributed by atoms with Crippen LogP contribution in [0.5, 0.6) is 5.75 Å². The van der Waals surface area contributed by atoms with Crippen LogP contribution in [-0.4, -0.2) is 22.9 Å². The van der Waals surface area contributed by atoms with E-state index in [-0.39, 0.29) is 5.56 Å². The van der Waals surface area contributed by atoms with Crippen molar-refractivity contribution in [3.05, 3.63) is 45.7 Å². The van der Waals surface area contributed by atoms with Crippen LogP contribution in [0.15, 0.2) is 29.1 Å². The molecular formula is C17H21N3O2. The highest BCUT2D eigenvalue weighted by molar-refractivity contribution is 5.68. The Morgan fingerprint density at radius 2 is 2.14 bits per heavy atom. The van der Waals surface area contributed by atoms with Gasteiger partial charge < -0.3 is 10.1 Å². The number of ether oxygens (including phenoxy) is 1. The molecule has 0 amide bonds. The topological polar surface area (TPSA) is 56.1 Å². The fourth-order valence-electron chi connectivity index (χ4n) is 2.49. The molecule has 0 unspecified atom stereocenters. The molecule has 5 heteroatoms. The molecule has 0 spiro atoms. The van der Waals surface area contributed by atoms with E-state index < -0.39 is 0 Å². The van der Waals surface area contributed by atoms with Crippen molar-refractivity contribution in [2.75, 3.05) is 7.11 Å². The van der Waals surface area contributed by atoms with E-state index in [2.05, 4.69) is 10.4 Å². The van der Waals surface area contributed by atoms with E-state index in [0.717, 1.165) is 28.1 Å². The zero-order valence-corrected chi connectivity index (χ0v) is 13.2. The van der Waals surface area contributed by atoms with Crippen molar-refractivity contribution in [1.82, 2.24) is 15.1 Å². The molecule has 22 heavy (non-hydrogen) atoms. The molecule has 0 bridgehead atoms. The molecule has 0 atom stereocenters. The molecule has 1 N–H and O–H groups in total. The van der Waals surface area contributed by atoms with Gasteiger partial charge in [0.15, 0.2) is 0 Å². The molecule has 5 nitrogen and oxygen atoms in total. The van der Waals surface area contributed by atoms with Gasteiger partial charge in [0, 0.05) is 30.8 Å². The zero-order valence-electron chi connectivity index (χ0n) is 13.2. The normalized spacial score (nSPS) is 14.1. The van der Waals surface area contributed by atoms with Gasteiger partial charge in [0.2, 0.25) is 0 Å². The standard InChI is InChI=1S/C17H21N3O2/c1-11-4-7-16(22-3)14(8-11)15-9-12(10-18-13-5-6-13)17(21)20(2)19-15/h4,7-9,13,18H,5-6,10H2,1-3H3. The zero-order chi connectivity index (χ0) is 15.7. The predicted molar refractivity (Wildman–Crippen MR) is 86.1 cm³/mol. The number of benzene rings is 1. The van der Waals surface area contributed by atoms with E-state index in [4.69, 9.17) is 4.74 Å². The summed E-state index contributed by atoms with van der Waals surface area (Å²) >= 11 is 0. The molecule has 0 radical (unpaired) electrons. The highest BCUT2D eigenvalue weighted by Crippen LogP contribution is 2.29. The average Bonchev–Trinajstić information content (AvgIpc) is 3.33. The van der Waals surface area contributed by atoms with E-state index >= 15 is 0 Å². The molecule has 1 heterocycles. The van der Waals surface area contributed by atoms with Crippen molar-refractivity contribution in [3.63, 3.8) is 0 Å². The number of rotatable bonds is 5. The van der Waals surface area contributed by atoms with Crippen molar-refractivity contribution in [1.29, 1.82) is 0 Å². The van der Waals surface area contributed by atoms with Crippen LogP contribution in [0, 0.1) is 6.92 Å². The third kappa shape index (κ3) is 3.04. The third-order valence-corrected chi connectivity index (χ3v) is 3.93. The number of aromatic nitrogens is 2. The Bertz CT molecular complexity index is 748. The van der Waals surface area contributed by atoms with Gasteiger partial charge in [-0.3, -0.25) is 4.79 Å². The van der Waals surface area contributed by atoms with E-state index in [0.29, 0.717) is 12.6 Å². The first kappa shape index (κ1) is 14.8. The lowest BCUT2D eigenvalue weighted by Gasteiger charge is -2.12. The van der Waals surface area contributed by atoms with Crippen LogP contribution in [0.1, 0.15) is 24.0 Å². The molecule has 1 aromatic carbocycles. The second-order valence-corrected chi connectivity index (χ2v) is 5.84. The molecule has 1 aliphatic rings. The summed E-state index contributed by atoms with van der Waals surface area (Å²) in [6, 6.07) is 8.40. The van der Waals surface area contributed by atoms with Crippen molar-refractivity contribution in [2.45, 2.75) is 32.4 Å². The highest BCUT2D eigenvalue weighted by Gasteiger charge is 2.21. The van der Waals surface area contributed by atoms with Crippen LogP contribution < -0.4 is 15.6 Å². The molecule has 1 fully saturated rings. The maximum atomic E-state index is 12.2. The van der Waals surface area contributed by atoms with Gasteiger partial charge in [-0.05, 0) is 38.0 Å². The smallest absolute Gasteiger partial charge is 0.271 e. The van der Waals surface area contributed by atoms with Gasteiger partial charge in [0.05, 0.1) is 12.8 Å². The summed E-state index contributed by atoms with van der Waals surface area (Å²) in [6.07, 6.45) is 2.40. The number of nitrogens with zero attached hydrogens (tertiary/aromatic N) is 2. The van der Waals surface area contributed by atoms with Gasteiger partial charge in [0.25, 0.3) is 5.56 Å². The lowest BCUT2D eigenvalue weighted by molar-refractivity contribution is 0.416. The van der Waals surface area contributed by atoms with Crippen molar-refractivity contribution in [2.24, 2.45) is 7.05 Å². The first-order valence-electron chi connectivity index (χ1n) is 7.54. The van der Waals surface area contributed by atoms with Gasteiger partial charge in [-0.25, -0.2) is 4.68 Å². The monoisotopic (exact) mass is 299 g/mol. The van der Waals surface area contributed by atoms with Crippen molar-refractivity contribution in [3.8, 4) is 17.0 Å². The Morgan fingerprint density at radius 3 is 2.82 bits per heavy atom. The van der Waals surface area contributed by atoms with Crippen LogP contribution in [0.4, 0.5) is 0 Å². The maximum absolute atomic E-state index is 12.2. The van der Waals surface area contributed by atoms with Crippen LogP contribution in [-0.2, 0) is 13.6 Å². The minimum absolute atomic E-state index is 0.0523. The molecular weight excluding hydrogens is 278 g/mol. The Labute approximate surface area is 129 Å². The summed E-state index contributed by atoms with van der Waals surface area (Å²) in [6.45, 7) is 2.61.